The van der Waals surface area contributed by atoms with Gasteiger partial charge in [-0.3, -0.25) is 4.98 Å². The van der Waals surface area contributed by atoms with Crippen LogP contribution in [0.25, 0.3) is 10.9 Å². The lowest BCUT2D eigenvalue weighted by atomic mass is 10.1. The van der Waals surface area contributed by atoms with Gasteiger partial charge in [0.25, 0.3) is 0 Å². The minimum Gasteiger partial charge on any atom is -0.491 e. The van der Waals surface area contributed by atoms with Crippen molar-refractivity contribution >= 4 is 10.9 Å². The van der Waals surface area contributed by atoms with E-state index in [4.69, 9.17) is 4.74 Å². The van der Waals surface area contributed by atoms with Gasteiger partial charge in [-0.25, -0.2) is 4.39 Å². The van der Waals surface area contributed by atoms with Gasteiger partial charge in [0.05, 0.1) is 5.52 Å². The van der Waals surface area contributed by atoms with Crippen molar-refractivity contribution in [2.45, 2.75) is 19.6 Å². The van der Waals surface area contributed by atoms with Crippen LogP contribution in [0.15, 0.2) is 54.7 Å². The molecular weight excluding hydrogens is 319 g/mol. The zero-order chi connectivity index (χ0) is 17.6. The van der Waals surface area contributed by atoms with E-state index in [2.05, 4.69) is 10.3 Å². The van der Waals surface area contributed by atoms with E-state index in [1.807, 2.05) is 31.2 Å². The summed E-state index contributed by atoms with van der Waals surface area (Å²) in [5, 5.41) is 13.7. The fourth-order valence-electron chi connectivity index (χ4n) is 2.67. The van der Waals surface area contributed by atoms with Gasteiger partial charge in [-0.05, 0) is 48.4 Å². The number of halogens is 1. The summed E-state index contributed by atoms with van der Waals surface area (Å²) >= 11 is 0. The molecule has 5 heteroatoms. The molecular formula is C20H21FN2O2. The number of nitrogens with zero attached hydrogens (tertiary/aromatic N) is 1. The van der Waals surface area contributed by atoms with E-state index in [9.17, 15) is 9.50 Å². The Morgan fingerprint density at radius 2 is 2.08 bits per heavy atom. The van der Waals surface area contributed by atoms with Crippen molar-refractivity contribution in [3.63, 3.8) is 0 Å². The van der Waals surface area contributed by atoms with Gasteiger partial charge in [-0.15, -0.1) is 0 Å². The van der Waals surface area contributed by atoms with E-state index in [-0.39, 0.29) is 12.4 Å². The summed E-state index contributed by atoms with van der Waals surface area (Å²) in [6.45, 7) is 3.07. The first kappa shape index (κ1) is 17.3. The third kappa shape index (κ3) is 4.53. The molecule has 2 N–H and O–H groups in total. The van der Waals surface area contributed by atoms with E-state index in [1.54, 1.807) is 24.4 Å². The third-order valence-corrected chi connectivity index (χ3v) is 3.93. The van der Waals surface area contributed by atoms with E-state index in [0.717, 1.165) is 16.9 Å². The number of aliphatic hydroxyl groups is 1. The van der Waals surface area contributed by atoms with Crippen LogP contribution in [0, 0.1) is 12.7 Å². The average Bonchev–Trinajstić information content (AvgIpc) is 2.62. The van der Waals surface area contributed by atoms with Crippen molar-refractivity contribution in [1.82, 2.24) is 10.3 Å². The molecule has 0 saturated heterocycles. The van der Waals surface area contributed by atoms with Crippen LogP contribution < -0.4 is 10.1 Å². The van der Waals surface area contributed by atoms with Crippen molar-refractivity contribution in [3.05, 3.63) is 71.7 Å². The number of benzene rings is 2. The van der Waals surface area contributed by atoms with Gasteiger partial charge < -0.3 is 15.2 Å². The summed E-state index contributed by atoms with van der Waals surface area (Å²) in [4.78, 5) is 4.26. The third-order valence-electron chi connectivity index (χ3n) is 3.93. The van der Waals surface area contributed by atoms with Crippen molar-refractivity contribution in [1.29, 1.82) is 0 Å². The molecule has 0 amide bonds. The van der Waals surface area contributed by atoms with Crippen LogP contribution in [0.4, 0.5) is 4.39 Å². The molecule has 0 aliphatic heterocycles. The Labute approximate surface area is 146 Å². The number of hydrogen-bond donors (Lipinski definition) is 2. The average molecular weight is 340 g/mol. The first-order valence-corrected chi connectivity index (χ1v) is 8.24. The van der Waals surface area contributed by atoms with Gasteiger partial charge in [-0.2, -0.15) is 0 Å². The molecule has 3 aromatic rings. The summed E-state index contributed by atoms with van der Waals surface area (Å²) < 4.78 is 19.4. The monoisotopic (exact) mass is 340 g/mol. The summed E-state index contributed by atoms with van der Waals surface area (Å²) in [5.74, 6) is 0.464. The zero-order valence-corrected chi connectivity index (χ0v) is 14.1. The molecule has 0 aliphatic carbocycles. The molecule has 1 atom stereocenters. The lowest BCUT2D eigenvalue weighted by molar-refractivity contribution is 0.106. The molecule has 0 radical (unpaired) electrons. The highest BCUT2D eigenvalue weighted by atomic mass is 19.1. The summed E-state index contributed by atoms with van der Waals surface area (Å²) in [6, 6.07) is 14.3. The van der Waals surface area contributed by atoms with E-state index in [0.29, 0.717) is 24.0 Å². The SMILES string of the molecule is Cc1cccc(OCC(O)CNCc2ccc(F)c3cccnc23)c1. The molecule has 1 unspecified atom stereocenters. The Hall–Kier alpha value is -2.50. The highest BCUT2D eigenvalue weighted by molar-refractivity contribution is 5.82. The molecule has 0 saturated carbocycles. The minimum atomic E-state index is -0.639. The standard InChI is InChI=1S/C20H21FN2O2/c1-14-4-2-5-17(10-14)25-13-16(24)12-22-11-15-7-8-19(21)18-6-3-9-23-20(15)18/h2-10,16,22,24H,11-13H2,1H3. The second-order valence-electron chi connectivity index (χ2n) is 6.02. The molecule has 4 nitrogen and oxygen atoms in total. The Kier molecular flexibility index (Phi) is 5.58. The largest absolute Gasteiger partial charge is 0.491 e. The minimum absolute atomic E-state index is 0.207. The van der Waals surface area contributed by atoms with Crippen LogP contribution in [-0.2, 0) is 6.54 Å². The van der Waals surface area contributed by atoms with Gasteiger partial charge in [0.2, 0.25) is 0 Å². The molecule has 0 aliphatic rings. The van der Waals surface area contributed by atoms with Crippen LogP contribution in [0.3, 0.4) is 0 Å². The summed E-state index contributed by atoms with van der Waals surface area (Å²) in [7, 11) is 0. The molecule has 0 fully saturated rings. The van der Waals surface area contributed by atoms with Crippen molar-refractivity contribution in [3.8, 4) is 5.75 Å². The number of nitrogens with one attached hydrogen (secondary N) is 1. The van der Waals surface area contributed by atoms with Gasteiger partial charge in [0, 0.05) is 24.7 Å². The number of aliphatic hydroxyl groups excluding tert-OH is 1. The first-order valence-electron chi connectivity index (χ1n) is 8.24. The van der Waals surface area contributed by atoms with Crippen LogP contribution in [0.1, 0.15) is 11.1 Å². The normalized spacial score (nSPS) is 12.3. The second-order valence-corrected chi connectivity index (χ2v) is 6.02. The summed E-state index contributed by atoms with van der Waals surface area (Å²) in [5.41, 5.74) is 2.64. The molecule has 2 aromatic carbocycles. The highest BCUT2D eigenvalue weighted by Gasteiger charge is 2.09. The van der Waals surface area contributed by atoms with Crippen molar-refractivity contribution in [2.75, 3.05) is 13.2 Å². The van der Waals surface area contributed by atoms with Gasteiger partial charge in [0.15, 0.2) is 0 Å². The maximum Gasteiger partial charge on any atom is 0.132 e. The molecule has 1 aromatic heterocycles. The van der Waals surface area contributed by atoms with Gasteiger partial charge >= 0.3 is 0 Å². The molecule has 0 spiro atoms. The number of hydrogen-bond acceptors (Lipinski definition) is 4. The maximum absolute atomic E-state index is 13.8. The Morgan fingerprint density at radius 1 is 1.20 bits per heavy atom. The molecule has 25 heavy (non-hydrogen) atoms. The predicted molar refractivity (Wildman–Crippen MR) is 96.1 cm³/mol. The quantitative estimate of drug-likeness (QED) is 0.693. The van der Waals surface area contributed by atoms with Gasteiger partial charge in [-0.1, -0.05) is 18.2 Å². The number of pyridine rings is 1. The molecule has 0 bridgehead atoms. The second kappa shape index (κ2) is 8.05. The number of fused-ring (bicyclic) bond motifs is 1. The fraction of sp³-hybridized carbons (Fsp3) is 0.250. The van der Waals surface area contributed by atoms with Crippen LogP contribution >= 0.6 is 0 Å². The first-order chi connectivity index (χ1) is 12.1. The van der Waals surface area contributed by atoms with Crippen molar-refractivity contribution in [2.24, 2.45) is 0 Å². The maximum atomic E-state index is 13.8. The van der Waals surface area contributed by atoms with Crippen LogP contribution in [-0.4, -0.2) is 29.3 Å². The number of aryl methyl sites for hydroxylation is 1. The lowest BCUT2D eigenvalue weighted by Crippen LogP contribution is -2.31. The van der Waals surface area contributed by atoms with E-state index >= 15 is 0 Å². The Morgan fingerprint density at radius 3 is 2.92 bits per heavy atom. The van der Waals surface area contributed by atoms with E-state index < -0.39 is 6.10 Å². The van der Waals surface area contributed by atoms with Crippen LogP contribution in [0.2, 0.25) is 0 Å². The number of ether oxygens (including phenoxy) is 1. The number of aromatic nitrogens is 1. The molecule has 130 valence electrons. The Bertz CT molecular complexity index is 854. The van der Waals surface area contributed by atoms with E-state index in [1.165, 1.54) is 6.07 Å². The van der Waals surface area contributed by atoms with Gasteiger partial charge in [0.1, 0.15) is 24.3 Å². The molecule has 1 heterocycles. The molecule has 3 rings (SSSR count). The lowest BCUT2D eigenvalue weighted by Gasteiger charge is -2.14. The number of rotatable bonds is 7. The van der Waals surface area contributed by atoms with Crippen molar-refractivity contribution < 1.29 is 14.2 Å². The smallest absolute Gasteiger partial charge is 0.132 e. The highest BCUT2D eigenvalue weighted by Crippen LogP contribution is 2.19. The fourth-order valence-corrected chi connectivity index (χ4v) is 2.67. The summed E-state index contributed by atoms with van der Waals surface area (Å²) in [6.07, 6.45) is 1.01. The predicted octanol–water partition coefficient (Wildman–Crippen LogP) is 3.21. The van der Waals surface area contributed by atoms with Crippen LogP contribution in [0.5, 0.6) is 5.75 Å². The zero-order valence-electron chi connectivity index (χ0n) is 14.1. The topological polar surface area (TPSA) is 54.4 Å². The Balaban J connectivity index is 1.52.